The van der Waals surface area contributed by atoms with Crippen LogP contribution in [0, 0.1) is 6.92 Å². The van der Waals surface area contributed by atoms with Gasteiger partial charge in [-0.15, -0.1) is 10.2 Å². The fourth-order valence-corrected chi connectivity index (χ4v) is 2.73. The second-order valence-corrected chi connectivity index (χ2v) is 6.23. The number of nitrogens with zero attached hydrogens (tertiary/aromatic N) is 4. The summed E-state index contributed by atoms with van der Waals surface area (Å²) in [6.07, 6.45) is 0. The molecule has 6 heteroatoms. The maximum Gasteiger partial charge on any atom is 0.241 e. The molecule has 1 aromatic carbocycles. The van der Waals surface area contributed by atoms with Crippen molar-refractivity contribution in [1.29, 1.82) is 0 Å². The van der Waals surface area contributed by atoms with E-state index in [-0.39, 0.29) is 11.8 Å². The Morgan fingerprint density at radius 1 is 1.22 bits per heavy atom. The molecule has 1 aliphatic rings. The molecule has 0 bridgehead atoms. The van der Waals surface area contributed by atoms with Gasteiger partial charge in [0.2, 0.25) is 17.7 Å². The summed E-state index contributed by atoms with van der Waals surface area (Å²) in [4.78, 5) is 16.4. The number of aryl methyl sites for hydroxylation is 1. The Balaban J connectivity index is 1.64. The molecule has 1 saturated heterocycles. The van der Waals surface area contributed by atoms with E-state index in [2.05, 4.69) is 15.1 Å². The fraction of sp³-hybridized carbons (Fsp3) is 0.471. The predicted molar refractivity (Wildman–Crippen MR) is 87.2 cm³/mol. The largest absolute Gasteiger partial charge is 0.424 e. The van der Waals surface area contributed by atoms with Crippen LogP contribution >= 0.6 is 0 Å². The van der Waals surface area contributed by atoms with E-state index in [0.29, 0.717) is 31.4 Å². The molecule has 0 spiro atoms. The Morgan fingerprint density at radius 2 is 2.00 bits per heavy atom. The van der Waals surface area contributed by atoms with Crippen molar-refractivity contribution in [2.75, 3.05) is 24.5 Å². The first-order valence-electron chi connectivity index (χ1n) is 7.95. The van der Waals surface area contributed by atoms with E-state index in [9.17, 15) is 4.79 Å². The number of benzene rings is 1. The highest BCUT2D eigenvalue weighted by Crippen LogP contribution is 2.22. The lowest BCUT2D eigenvalue weighted by Gasteiger charge is -2.34. The lowest BCUT2D eigenvalue weighted by molar-refractivity contribution is -0.121. The standard InChI is InChI=1S/C17H22N4O2/c1-12(2)17-19-18-15(23-17)10-20-8-9-21(16(22)11-20)14-7-5-4-6-13(14)3/h4-7,12H,8-11H2,1-3H3. The molecule has 0 atom stereocenters. The van der Waals surface area contributed by atoms with E-state index in [1.807, 2.05) is 49.9 Å². The molecule has 0 saturated carbocycles. The average Bonchev–Trinajstić information content (AvgIpc) is 2.97. The molecule has 1 aliphatic heterocycles. The number of amides is 1. The summed E-state index contributed by atoms with van der Waals surface area (Å²) < 4.78 is 5.62. The molecule has 2 aromatic rings. The second kappa shape index (κ2) is 6.50. The van der Waals surface area contributed by atoms with Crippen molar-refractivity contribution in [3.63, 3.8) is 0 Å². The first kappa shape index (κ1) is 15.7. The third-order valence-electron chi connectivity index (χ3n) is 4.04. The summed E-state index contributed by atoms with van der Waals surface area (Å²) in [5.41, 5.74) is 2.12. The van der Waals surface area contributed by atoms with Crippen LogP contribution in [0.2, 0.25) is 0 Å². The van der Waals surface area contributed by atoms with Gasteiger partial charge in [-0.1, -0.05) is 32.0 Å². The van der Waals surface area contributed by atoms with Gasteiger partial charge in [-0.25, -0.2) is 0 Å². The van der Waals surface area contributed by atoms with Crippen molar-refractivity contribution < 1.29 is 9.21 Å². The monoisotopic (exact) mass is 314 g/mol. The van der Waals surface area contributed by atoms with E-state index >= 15 is 0 Å². The number of carbonyl (C=O) groups is 1. The van der Waals surface area contributed by atoms with Gasteiger partial charge in [-0.2, -0.15) is 0 Å². The Hall–Kier alpha value is -2.21. The van der Waals surface area contributed by atoms with Gasteiger partial charge >= 0.3 is 0 Å². The molecule has 1 aromatic heterocycles. The predicted octanol–water partition coefficient (Wildman–Crippen LogP) is 2.35. The third kappa shape index (κ3) is 3.42. The maximum absolute atomic E-state index is 12.5. The Labute approximate surface area is 136 Å². The highest BCUT2D eigenvalue weighted by Gasteiger charge is 2.27. The zero-order valence-corrected chi connectivity index (χ0v) is 13.8. The van der Waals surface area contributed by atoms with Crippen molar-refractivity contribution >= 4 is 11.6 Å². The molecule has 0 aliphatic carbocycles. The number of aromatic nitrogens is 2. The zero-order chi connectivity index (χ0) is 16.4. The Morgan fingerprint density at radius 3 is 2.65 bits per heavy atom. The zero-order valence-electron chi connectivity index (χ0n) is 13.8. The van der Waals surface area contributed by atoms with E-state index < -0.39 is 0 Å². The van der Waals surface area contributed by atoms with Gasteiger partial charge in [-0.05, 0) is 18.6 Å². The summed E-state index contributed by atoms with van der Waals surface area (Å²) in [5, 5.41) is 8.10. The van der Waals surface area contributed by atoms with Crippen LogP contribution in [0.25, 0.3) is 0 Å². The SMILES string of the molecule is Cc1ccccc1N1CCN(Cc2nnc(C(C)C)o2)CC1=O. The van der Waals surface area contributed by atoms with Crippen LogP contribution in [0.1, 0.15) is 37.1 Å². The Kier molecular flexibility index (Phi) is 4.43. The van der Waals surface area contributed by atoms with Crippen LogP contribution in [-0.2, 0) is 11.3 Å². The first-order valence-corrected chi connectivity index (χ1v) is 7.95. The highest BCUT2D eigenvalue weighted by atomic mass is 16.4. The quantitative estimate of drug-likeness (QED) is 0.867. The molecule has 6 nitrogen and oxygen atoms in total. The van der Waals surface area contributed by atoms with Crippen molar-refractivity contribution in [1.82, 2.24) is 15.1 Å². The van der Waals surface area contributed by atoms with Gasteiger partial charge in [0.1, 0.15) is 0 Å². The molecule has 2 heterocycles. The van der Waals surface area contributed by atoms with Crippen molar-refractivity contribution in [2.45, 2.75) is 33.2 Å². The van der Waals surface area contributed by atoms with E-state index in [1.54, 1.807) is 0 Å². The van der Waals surface area contributed by atoms with Gasteiger partial charge in [0, 0.05) is 24.7 Å². The number of anilines is 1. The van der Waals surface area contributed by atoms with Crippen LogP contribution < -0.4 is 4.90 Å². The second-order valence-electron chi connectivity index (χ2n) is 6.23. The summed E-state index contributed by atoms with van der Waals surface area (Å²) in [7, 11) is 0. The summed E-state index contributed by atoms with van der Waals surface area (Å²) in [6.45, 7) is 8.42. The van der Waals surface area contributed by atoms with Gasteiger partial charge in [0.25, 0.3) is 0 Å². The topological polar surface area (TPSA) is 62.5 Å². The highest BCUT2D eigenvalue weighted by molar-refractivity contribution is 5.96. The van der Waals surface area contributed by atoms with Crippen LogP contribution in [-0.4, -0.2) is 40.6 Å². The van der Waals surface area contributed by atoms with Gasteiger partial charge in [-0.3, -0.25) is 9.69 Å². The Bertz CT molecular complexity index is 695. The minimum Gasteiger partial charge on any atom is -0.424 e. The molecular formula is C17H22N4O2. The third-order valence-corrected chi connectivity index (χ3v) is 4.04. The number of hydrogen-bond acceptors (Lipinski definition) is 5. The smallest absolute Gasteiger partial charge is 0.241 e. The molecule has 1 amide bonds. The first-order chi connectivity index (χ1) is 11.0. The van der Waals surface area contributed by atoms with E-state index in [4.69, 9.17) is 4.42 Å². The minimum absolute atomic E-state index is 0.106. The summed E-state index contributed by atoms with van der Waals surface area (Å²) in [5.74, 6) is 1.54. The normalized spacial score (nSPS) is 16.3. The molecule has 3 rings (SSSR count). The van der Waals surface area contributed by atoms with Crippen molar-refractivity contribution in [2.24, 2.45) is 0 Å². The van der Waals surface area contributed by atoms with Crippen LogP contribution in [0.4, 0.5) is 5.69 Å². The molecule has 23 heavy (non-hydrogen) atoms. The fourth-order valence-electron chi connectivity index (χ4n) is 2.73. The molecule has 122 valence electrons. The molecule has 0 unspecified atom stereocenters. The summed E-state index contributed by atoms with van der Waals surface area (Å²) in [6, 6.07) is 7.98. The number of piperazine rings is 1. The lowest BCUT2D eigenvalue weighted by Crippen LogP contribution is -2.50. The maximum atomic E-state index is 12.5. The van der Waals surface area contributed by atoms with Crippen molar-refractivity contribution in [3.8, 4) is 0 Å². The molecule has 0 radical (unpaired) electrons. The molecule has 0 N–H and O–H groups in total. The summed E-state index contributed by atoms with van der Waals surface area (Å²) >= 11 is 0. The van der Waals surface area contributed by atoms with Gasteiger partial charge in [0.05, 0.1) is 13.1 Å². The van der Waals surface area contributed by atoms with Gasteiger partial charge in [0.15, 0.2) is 0 Å². The van der Waals surface area contributed by atoms with Gasteiger partial charge < -0.3 is 9.32 Å². The van der Waals surface area contributed by atoms with E-state index in [1.165, 1.54) is 0 Å². The minimum atomic E-state index is 0.106. The number of para-hydroxylation sites is 1. The van der Waals surface area contributed by atoms with Crippen molar-refractivity contribution in [3.05, 3.63) is 41.6 Å². The van der Waals surface area contributed by atoms with Crippen LogP contribution in [0.5, 0.6) is 0 Å². The number of hydrogen-bond donors (Lipinski definition) is 0. The lowest BCUT2D eigenvalue weighted by atomic mass is 10.1. The number of carbonyl (C=O) groups excluding carboxylic acids is 1. The average molecular weight is 314 g/mol. The molecule has 1 fully saturated rings. The van der Waals surface area contributed by atoms with Crippen LogP contribution in [0.15, 0.2) is 28.7 Å². The number of rotatable bonds is 4. The van der Waals surface area contributed by atoms with Crippen LogP contribution in [0.3, 0.4) is 0 Å². The molecular weight excluding hydrogens is 292 g/mol. The van der Waals surface area contributed by atoms with E-state index in [0.717, 1.165) is 17.8 Å².